The molecule has 0 bridgehead atoms. The van der Waals surface area contributed by atoms with E-state index in [0.29, 0.717) is 19.2 Å². The Hall–Kier alpha value is -1.99. The molecule has 1 aromatic rings. The summed E-state index contributed by atoms with van der Waals surface area (Å²) in [6.45, 7) is 0.591. The van der Waals surface area contributed by atoms with Gasteiger partial charge in [-0.05, 0) is 18.2 Å². The largest absolute Gasteiger partial charge is 0.463 e. The van der Waals surface area contributed by atoms with Crippen molar-refractivity contribution in [3.63, 3.8) is 0 Å². The number of ether oxygens (including phenoxy) is 1. The van der Waals surface area contributed by atoms with Crippen molar-refractivity contribution in [1.82, 2.24) is 0 Å². The summed E-state index contributed by atoms with van der Waals surface area (Å²) >= 11 is 0. The highest BCUT2D eigenvalue weighted by Crippen LogP contribution is 2.32. The zero-order valence-electron chi connectivity index (χ0n) is 9.67. The van der Waals surface area contributed by atoms with E-state index in [-0.39, 0.29) is 17.8 Å². The molecule has 104 valence electrons. The van der Waals surface area contributed by atoms with Crippen LogP contribution in [0.5, 0.6) is 0 Å². The van der Waals surface area contributed by atoms with Crippen molar-refractivity contribution >= 4 is 11.7 Å². The van der Waals surface area contributed by atoms with Crippen molar-refractivity contribution in [1.29, 1.82) is 0 Å². The number of nitrogens with zero attached hydrogens (tertiary/aromatic N) is 1. The molecule has 0 amide bonds. The molecule has 1 heterocycles. The quantitative estimate of drug-likeness (QED) is 0.830. The van der Waals surface area contributed by atoms with Crippen LogP contribution in [-0.2, 0) is 10.9 Å². The highest BCUT2D eigenvalue weighted by atomic mass is 19.4. The molecule has 2 rings (SSSR count). The van der Waals surface area contributed by atoms with Crippen LogP contribution in [0.25, 0.3) is 0 Å². The van der Waals surface area contributed by atoms with E-state index in [9.17, 15) is 17.6 Å². The Morgan fingerprint density at radius 3 is 2.68 bits per heavy atom. The van der Waals surface area contributed by atoms with Gasteiger partial charge in [0.25, 0.3) is 6.02 Å². The summed E-state index contributed by atoms with van der Waals surface area (Å²) in [6, 6.07) is 2.50. The second kappa shape index (κ2) is 4.94. The standard InChI is InChI=1S/C11H11F4N3O/c12-9-3-6(1-2-8(9)11(13,14)15)17-4-7-5-19-10(16)18-7/h1-3,7,17H,4-5H2,(H2,16,18)/t7-/m0/s1. The predicted octanol–water partition coefficient (Wildman–Crippen LogP) is 1.97. The van der Waals surface area contributed by atoms with Crippen molar-refractivity contribution in [2.45, 2.75) is 12.2 Å². The van der Waals surface area contributed by atoms with Gasteiger partial charge in [0.05, 0.1) is 5.56 Å². The van der Waals surface area contributed by atoms with Gasteiger partial charge in [0.2, 0.25) is 0 Å². The van der Waals surface area contributed by atoms with E-state index in [1.807, 2.05) is 0 Å². The highest BCUT2D eigenvalue weighted by molar-refractivity contribution is 5.73. The fourth-order valence-electron chi connectivity index (χ4n) is 1.63. The zero-order valence-corrected chi connectivity index (χ0v) is 9.67. The molecule has 0 saturated carbocycles. The van der Waals surface area contributed by atoms with E-state index in [4.69, 9.17) is 10.5 Å². The van der Waals surface area contributed by atoms with Crippen molar-refractivity contribution in [2.75, 3.05) is 18.5 Å². The lowest BCUT2D eigenvalue weighted by molar-refractivity contribution is -0.139. The number of anilines is 1. The van der Waals surface area contributed by atoms with E-state index >= 15 is 0 Å². The first-order chi connectivity index (χ1) is 8.86. The van der Waals surface area contributed by atoms with Gasteiger partial charge < -0.3 is 15.8 Å². The number of aliphatic imine (C=N–C) groups is 1. The number of rotatable bonds is 3. The first-order valence-corrected chi connectivity index (χ1v) is 5.43. The Labute approximate surface area is 106 Å². The predicted molar refractivity (Wildman–Crippen MR) is 61.3 cm³/mol. The highest BCUT2D eigenvalue weighted by Gasteiger charge is 2.33. The molecule has 1 aromatic carbocycles. The Balaban J connectivity index is 2.01. The van der Waals surface area contributed by atoms with Crippen LogP contribution in [0.2, 0.25) is 0 Å². The average molecular weight is 277 g/mol. The van der Waals surface area contributed by atoms with Gasteiger partial charge in [-0.2, -0.15) is 13.2 Å². The first-order valence-electron chi connectivity index (χ1n) is 5.43. The van der Waals surface area contributed by atoms with Crippen molar-refractivity contribution in [3.05, 3.63) is 29.6 Å². The Kier molecular flexibility index (Phi) is 3.50. The fraction of sp³-hybridized carbons (Fsp3) is 0.364. The summed E-state index contributed by atoms with van der Waals surface area (Å²) in [5, 5.41) is 2.78. The second-order valence-corrected chi connectivity index (χ2v) is 4.01. The van der Waals surface area contributed by atoms with Gasteiger partial charge in [0.1, 0.15) is 18.5 Å². The molecular weight excluding hydrogens is 266 g/mol. The summed E-state index contributed by atoms with van der Waals surface area (Å²) in [7, 11) is 0. The molecule has 3 N–H and O–H groups in total. The number of benzene rings is 1. The molecule has 0 spiro atoms. The maximum absolute atomic E-state index is 13.3. The van der Waals surface area contributed by atoms with Crippen molar-refractivity contribution in [2.24, 2.45) is 10.7 Å². The SMILES string of the molecule is NC1=N[C@@H](CNc2ccc(C(F)(F)F)c(F)c2)CO1. The molecule has 1 aliphatic rings. The number of alkyl halides is 3. The molecule has 8 heteroatoms. The first kappa shape index (κ1) is 13.4. The number of halogens is 4. The van der Waals surface area contributed by atoms with Crippen LogP contribution in [0.3, 0.4) is 0 Å². The van der Waals surface area contributed by atoms with Gasteiger partial charge in [-0.25, -0.2) is 9.38 Å². The molecule has 1 aliphatic heterocycles. The minimum absolute atomic E-state index is 0.0744. The number of amidine groups is 1. The fourth-order valence-corrected chi connectivity index (χ4v) is 1.63. The smallest absolute Gasteiger partial charge is 0.419 e. The van der Waals surface area contributed by atoms with E-state index in [1.165, 1.54) is 0 Å². The third-order valence-corrected chi connectivity index (χ3v) is 2.55. The van der Waals surface area contributed by atoms with Crippen LogP contribution in [-0.4, -0.2) is 25.2 Å². The minimum Gasteiger partial charge on any atom is -0.463 e. The third-order valence-electron chi connectivity index (χ3n) is 2.55. The lowest BCUT2D eigenvalue weighted by atomic mass is 10.2. The molecule has 4 nitrogen and oxygen atoms in total. The topological polar surface area (TPSA) is 59.6 Å². The van der Waals surface area contributed by atoms with Crippen molar-refractivity contribution in [3.8, 4) is 0 Å². The number of hydrogen-bond donors (Lipinski definition) is 2. The molecule has 0 fully saturated rings. The molecule has 1 atom stereocenters. The van der Waals surface area contributed by atoms with Crippen LogP contribution >= 0.6 is 0 Å². The molecule has 0 unspecified atom stereocenters. The Morgan fingerprint density at radius 2 is 2.16 bits per heavy atom. The summed E-state index contributed by atoms with van der Waals surface area (Å²) < 4.78 is 55.2. The minimum atomic E-state index is -4.69. The van der Waals surface area contributed by atoms with E-state index in [0.717, 1.165) is 12.1 Å². The zero-order chi connectivity index (χ0) is 14.0. The molecular formula is C11H11F4N3O. The van der Waals surface area contributed by atoms with Crippen LogP contribution in [0.4, 0.5) is 23.2 Å². The van der Waals surface area contributed by atoms with Gasteiger partial charge in [-0.1, -0.05) is 0 Å². The lowest BCUT2D eigenvalue weighted by Crippen LogP contribution is -2.19. The number of nitrogens with two attached hydrogens (primary N) is 1. The molecule has 0 aromatic heterocycles. The lowest BCUT2D eigenvalue weighted by Gasteiger charge is -2.12. The van der Waals surface area contributed by atoms with Crippen LogP contribution in [0.15, 0.2) is 23.2 Å². The van der Waals surface area contributed by atoms with E-state index in [1.54, 1.807) is 0 Å². The number of nitrogens with one attached hydrogen (secondary N) is 1. The summed E-state index contributed by atoms with van der Waals surface area (Å²) in [5.74, 6) is -1.32. The van der Waals surface area contributed by atoms with Crippen LogP contribution in [0, 0.1) is 5.82 Å². The summed E-state index contributed by atoms with van der Waals surface area (Å²) in [5.41, 5.74) is 4.26. The summed E-state index contributed by atoms with van der Waals surface area (Å²) in [6.07, 6.45) is -4.69. The normalized spacial score (nSPS) is 18.9. The van der Waals surface area contributed by atoms with E-state index < -0.39 is 17.6 Å². The summed E-state index contributed by atoms with van der Waals surface area (Å²) in [4.78, 5) is 3.92. The second-order valence-electron chi connectivity index (χ2n) is 4.01. The van der Waals surface area contributed by atoms with Gasteiger partial charge in [-0.15, -0.1) is 0 Å². The monoisotopic (exact) mass is 277 g/mol. The maximum atomic E-state index is 13.3. The molecule has 0 saturated heterocycles. The Morgan fingerprint density at radius 1 is 1.42 bits per heavy atom. The van der Waals surface area contributed by atoms with Crippen LogP contribution in [0.1, 0.15) is 5.56 Å². The molecule has 0 aliphatic carbocycles. The van der Waals surface area contributed by atoms with Gasteiger partial charge in [0.15, 0.2) is 0 Å². The van der Waals surface area contributed by atoms with Gasteiger partial charge in [0, 0.05) is 12.2 Å². The molecule has 19 heavy (non-hydrogen) atoms. The van der Waals surface area contributed by atoms with E-state index in [2.05, 4.69) is 10.3 Å². The van der Waals surface area contributed by atoms with Gasteiger partial charge in [-0.3, -0.25) is 0 Å². The average Bonchev–Trinajstić information content (AvgIpc) is 2.71. The number of hydrogen-bond acceptors (Lipinski definition) is 4. The Bertz CT molecular complexity index is 501. The van der Waals surface area contributed by atoms with Gasteiger partial charge >= 0.3 is 6.18 Å². The van der Waals surface area contributed by atoms with Crippen molar-refractivity contribution < 1.29 is 22.3 Å². The third kappa shape index (κ3) is 3.27. The maximum Gasteiger partial charge on any atom is 0.419 e. The van der Waals surface area contributed by atoms with Crippen LogP contribution < -0.4 is 11.1 Å². The molecule has 0 radical (unpaired) electrons.